The van der Waals surface area contributed by atoms with Gasteiger partial charge in [-0.05, 0) is 32.0 Å². The van der Waals surface area contributed by atoms with E-state index in [9.17, 15) is 22.4 Å². The first-order valence-corrected chi connectivity index (χ1v) is 10.2. The maximum atomic E-state index is 13.7. The van der Waals surface area contributed by atoms with Crippen molar-refractivity contribution in [3.8, 4) is 0 Å². The third-order valence-corrected chi connectivity index (χ3v) is 5.90. The molecule has 1 atom stereocenters. The summed E-state index contributed by atoms with van der Waals surface area (Å²) in [6.07, 6.45) is 0. The SMILES string of the molecule is Cc1[nH]c2ccccc2c1C(=O)COC(=O)[C@H](C)NS(=O)(=O)c1ccccc1F. The number of benzene rings is 2. The zero-order valence-electron chi connectivity index (χ0n) is 15.7. The molecule has 0 spiro atoms. The van der Waals surface area contributed by atoms with Crippen LogP contribution in [0.15, 0.2) is 53.4 Å². The minimum Gasteiger partial charge on any atom is -0.456 e. The maximum absolute atomic E-state index is 13.7. The molecule has 1 aromatic heterocycles. The number of Topliss-reactive ketones (excluding diaryl/α,β-unsaturated/α-hetero) is 1. The molecule has 0 radical (unpaired) electrons. The Morgan fingerprint density at radius 2 is 1.79 bits per heavy atom. The summed E-state index contributed by atoms with van der Waals surface area (Å²) < 4.78 is 45.3. The molecular weight excluding hydrogens is 399 g/mol. The van der Waals surface area contributed by atoms with Crippen molar-refractivity contribution in [2.24, 2.45) is 0 Å². The number of aromatic amines is 1. The van der Waals surface area contributed by atoms with E-state index in [1.165, 1.54) is 19.1 Å². The largest absolute Gasteiger partial charge is 0.456 e. The molecule has 7 nitrogen and oxygen atoms in total. The molecule has 3 rings (SSSR count). The number of hydrogen-bond acceptors (Lipinski definition) is 5. The second-order valence-electron chi connectivity index (χ2n) is 6.47. The first kappa shape index (κ1) is 20.7. The van der Waals surface area contributed by atoms with Crippen molar-refractivity contribution in [3.05, 3.63) is 65.6 Å². The van der Waals surface area contributed by atoms with E-state index in [0.717, 1.165) is 17.6 Å². The molecule has 3 aromatic rings. The van der Waals surface area contributed by atoms with Crippen LogP contribution in [-0.2, 0) is 19.6 Å². The molecule has 0 unspecified atom stereocenters. The van der Waals surface area contributed by atoms with Gasteiger partial charge in [-0.1, -0.05) is 30.3 Å². The van der Waals surface area contributed by atoms with Gasteiger partial charge in [-0.15, -0.1) is 0 Å². The molecule has 0 saturated carbocycles. The molecule has 0 saturated heterocycles. The van der Waals surface area contributed by atoms with E-state index < -0.39 is 45.1 Å². The number of aromatic nitrogens is 1. The molecular formula is C20H19FN2O5S. The van der Waals surface area contributed by atoms with Crippen LogP contribution in [0.4, 0.5) is 4.39 Å². The number of halogens is 1. The Morgan fingerprint density at radius 3 is 2.52 bits per heavy atom. The van der Waals surface area contributed by atoms with Gasteiger partial charge in [-0.2, -0.15) is 4.72 Å². The van der Waals surface area contributed by atoms with Crippen molar-refractivity contribution < 1.29 is 27.1 Å². The predicted molar refractivity (Wildman–Crippen MR) is 105 cm³/mol. The lowest BCUT2D eigenvalue weighted by Gasteiger charge is -2.14. The third-order valence-electron chi connectivity index (χ3n) is 4.33. The van der Waals surface area contributed by atoms with Gasteiger partial charge in [-0.25, -0.2) is 12.8 Å². The number of aryl methyl sites for hydroxylation is 1. The average Bonchev–Trinajstić information content (AvgIpc) is 3.01. The topological polar surface area (TPSA) is 105 Å². The number of sulfonamides is 1. The predicted octanol–water partition coefficient (Wildman–Crippen LogP) is 2.71. The lowest BCUT2D eigenvalue weighted by Crippen LogP contribution is -2.40. The van der Waals surface area contributed by atoms with Crippen LogP contribution in [0.5, 0.6) is 0 Å². The maximum Gasteiger partial charge on any atom is 0.324 e. The number of carbonyl (C=O) groups is 2. The highest BCUT2D eigenvalue weighted by atomic mass is 32.2. The van der Waals surface area contributed by atoms with Crippen molar-refractivity contribution in [3.63, 3.8) is 0 Å². The van der Waals surface area contributed by atoms with Crippen LogP contribution in [0.2, 0.25) is 0 Å². The number of esters is 1. The summed E-state index contributed by atoms with van der Waals surface area (Å²) in [5, 5.41) is 0.708. The van der Waals surface area contributed by atoms with E-state index in [2.05, 4.69) is 9.71 Å². The highest BCUT2D eigenvalue weighted by Gasteiger charge is 2.26. The Bertz CT molecular complexity index is 1190. The highest BCUT2D eigenvalue weighted by molar-refractivity contribution is 7.89. The molecule has 0 aliphatic rings. The smallest absolute Gasteiger partial charge is 0.324 e. The molecule has 1 heterocycles. The summed E-state index contributed by atoms with van der Waals surface area (Å²) in [4.78, 5) is 27.2. The van der Waals surface area contributed by atoms with Crippen LogP contribution in [0.3, 0.4) is 0 Å². The van der Waals surface area contributed by atoms with Gasteiger partial charge in [-0.3, -0.25) is 9.59 Å². The molecule has 2 aromatic carbocycles. The summed E-state index contributed by atoms with van der Waals surface area (Å²) >= 11 is 0. The van der Waals surface area contributed by atoms with E-state index in [1.54, 1.807) is 19.1 Å². The van der Waals surface area contributed by atoms with E-state index >= 15 is 0 Å². The fourth-order valence-electron chi connectivity index (χ4n) is 2.98. The number of carbonyl (C=O) groups excluding carboxylic acids is 2. The lowest BCUT2D eigenvalue weighted by molar-refractivity contribution is -0.144. The van der Waals surface area contributed by atoms with Crippen molar-refractivity contribution in [2.75, 3.05) is 6.61 Å². The first-order chi connectivity index (χ1) is 13.7. The van der Waals surface area contributed by atoms with Crippen molar-refractivity contribution >= 4 is 32.7 Å². The summed E-state index contributed by atoms with van der Waals surface area (Å²) in [6.45, 7) is 2.44. The number of ketones is 1. The van der Waals surface area contributed by atoms with Gasteiger partial charge < -0.3 is 9.72 Å². The molecule has 0 fully saturated rings. The summed E-state index contributed by atoms with van der Waals surface area (Å²) in [5.41, 5.74) is 1.83. The van der Waals surface area contributed by atoms with Crippen molar-refractivity contribution in [1.82, 2.24) is 9.71 Å². The Balaban J connectivity index is 1.66. The van der Waals surface area contributed by atoms with Crippen LogP contribution in [-0.4, -0.2) is 37.8 Å². The van der Waals surface area contributed by atoms with Gasteiger partial charge in [0.1, 0.15) is 16.8 Å². The van der Waals surface area contributed by atoms with E-state index in [1.807, 2.05) is 12.1 Å². The summed E-state index contributed by atoms with van der Waals surface area (Å²) in [5.74, 6) is -2.31. The van der Waals surface area contributed by atoms with Crippen LogP contribution >= 0.6 is 0 Å². The Kier molecular flexibility index (Phi) is 5.81. The van der Waals surface area contributed by atoms with Crippen molar-refractivity contribution in [2.45, 2.75) is 24.8 Å². The Hall–Kier alpha value is -3.04. The molecule has 0 aliphatic heterocycles. The summed E-state index contributed by atoms with van der Waals surface area (Å²) in [6, 6.07) is 10.7. The van der Waals surface area contributed by atoms with Gasteiger partial charge in [0.15, 0.2) is 6.61 Å². The number of ether oxygens (including phenoxy) is 1. The minimum absolute atomic E-state index is 0.410. The van der Waals surface area contributed by atoms with Gasteiger partial charge >= 0.3 is 5.97 Å². The second-order valence-corrected chi connectivity index (χ2v) is 8.16. The normalized spacial score (nSPS) is 12.7. The fraction of sp³-hybridized carbons (Fsp3) is 0.200. The Morgan fingerprint density at radius 1 is 1.14 bits per heavy atom. The standard InChI is InChI=1S/C20H19FN2O5S/c1-12-19(14-7-3-5-9-16(14)22-12)17(24)11-28-20(25)13(2)23-29(26,27)18-10-6-4-8-15(18)21/h3-10,13,22-23H,11H2,1-2H3/t13-/m0/s1. The molecule has 9 heteroatoms. The van der Waals surface area contributed by atoms with Gasteiger partial charge in [0, 0.05) is 22.2 Å². The van der Waals surface area contributed by atoms with Crippen LogP contribution in [0.1, 0.15) is 23.0 Å². The average molecular weight is 418 g/mol. The number of para-hydroxylation sites is 1. The van der Waals surface area contributed by atoms with Crippen LogP contribution in [0, 0.1) is 12.7 Å². The molecule has 29 heavy (non-hydrogen) atoms. The van der Waals surface area contributed by atoms with E-state index in [-0.39, 0.29) is 0 Å². The molecule has 0 bridgehead atoms. The number of fused-ring (bicyclic) bond motifs is 1. The zero-order valence-corrected chi connectivity index (χ0v) is 16.5. The van der Waals surface area contributed by atoms with E-state index in [0.29, 0.717) is 16.6 Å². The van der Waals surface area contributed by atoms with Gasteiger partial charge in [0.25, 0.3) is 0 Å². The number of hydrogen-bond donors (Lipinski definition) is 2. The highest BCUT2D eigenvalue weighted by Crippen LogP contribution is 2.22. The second kappa shape index (κ2) is 8.14. The molecule has 2 N–H and O–H groups in total. The van der Waals surface area contributed by atoms with Gasteiger partial charge in [0.2, 0.25) is 15.8 Å². The Labute approximate surface area is 166 Å². The number of H-pyrrole nitrogens is 1. The minimum atomic E-state index is -4.27. The van der Waals surface area contributed by atoms with Crippen molar-refractivity contribution in [1.29, 1.82) is 0 Å². The lowest BCUT2D eigenvalue weighted by atomic mass is 10.1. The number of rotatable bonds is 7. The summed E-state index contributed by atoms with van der Waals surface area (Å²) in [7, 11) is -4.27. The van der Waals surface area contributed by atoms with E-state index in [4.69, 9.17) is 4.74 Å². The fourth-order valence-corrected chi connectivity index (χ4v) is 4.25. The van der Waals surface area contributed by atoms with Gasteiger partial charge in [0.05, 0.1) is 0 Å². The quantitative estimate of drug-likeness (QED) is 0.453. The zero-order chi connectivity index (χ0) is 21.2. The monoisotopic (exact) mass is 418 g/mol. The first-order valence-electron chi connectivity index (χ1n) is 8.74. The molecule has 0 aliphatic carbocycles. The molecule has 0 amide bonds. The third kappa shape index (κ3) is 4.36. The number of nitrogens with one attached hydrogen (secondary N) is 2. The molecule has 152 valence electrons. The van der Waals surface area contributed by atoms with Crippen LogP contribution < -0.4 is 4.72 Å². The van der Waals surface area contributed by atoms with Crippen LogP contribution in [0.25, 0.3) is 10.9 Å².